The molecule has 0 saturated carbocycles. The van der Waals surface area contributed by atoms with Crippen molar-refractivity contribution in [2.45, 2.75) is 6.92 Å². The SMILES string of the molecule is CC(=N)/C=C(\N)[N+](=O)[O-]. The van der Waals surface area contributed by atoms with Gasteiger partial charge in [0.05, 0.1) is 6.08 Å². The molecule has 0 heterocycles. The molecule has 3 N–H and O–H groups in total. The Hall–Kier alpha value is -1.39. The summed E-state index contributed by atoms with van der Waals surface area (Å²) in [7, 11) is 0. The van der Waals surface area contributed by atoms with Crippen LogP contribution in [0.3, 0.4) is 0 Å². The van der Waals surface area contributed by atoms with Crippen molar-refractivity contribution in [3.8, 4) is 0 Å². The quantitative estimate of drug-likeness (QED) is 0.314. The van der Waals surface area contributed by atoms with E-state index in [0.717, 1.165) is 6.08 Å². The van der Waals surface area contributed by atoms with Gasteiger partial charge in [-0.05, 0) is 11.8 Å². The van der Waals surface area contributed by atoms with E-state index in [4.69, 9.17) is 11.1 Å². The van der Waals surface area contributed by atoms with Gasteiger partial charge in [-0.2, -0.15) is 0 Å². The monoisotopic (exact) mass is 129 g/mol. The highest BCUT2D eigenvalue weighted by molar-refractivity contribution is 5.90. The Morgan fingerprint density at radius 1 is 1.89 bits per heavy atom. The van der Waals surface area contributed by atoms with E-state index in [1.807, 2.05) is 0 Å². The van der Waals surface area contributed by atoms with Crippen molar-refractivity contribution in [2.75, 3.05) is 0 Å². The predicted molar refractivity (Wildman–Crippen MR) is 32.7 cm³/mol. The summed E-state index contributed by atoms with van der Waals surface area (Å²) in [4.78, 5) is 9.01. The van der Waals surface area contributed by atoms with E-state index in [-0.39, 0.29) is 5.71 Å². The summed E-state index contributed by atoms with van der Waals surface area (Å²) < 4.78 is 0. The summed E-state index contributed by atoms with van der Waals surface area (Å²) in [5, 5.41) is 16.5. The average molecular weight is 129 g/mol. The minimum absolute atomic E-state index is 0.0733. The Bertz CT molecular complexity index is 173. The molecule has 5 heteroatoms. The van der Waals surface area contributed by atoms with Crippen molar-refractivity contribution in [2.24, 2.45) is 5.73 Å². The molecule has 0 aromatic carbocycles. The number of rotatable bonds is 2. The first-order chi connectivity index (χ1) is 4.04. The van der Waals surface area contributed by atoms with E-state index in [2.05, 4.69) is 0 Å². The second kappa shape index (κ2) is 2.81. The lowest BCUT2D eigenvalue weighted by Gasteiger charge is -1.90. The van der Waals surface area contributed by atoms with E-state index in [0.29, 0.717) is 0 Å². The molecule has 0 aromatic heterocycles. The van der Waals surface area contributed by atoms with Crippen LogP contribution >= 0.6 is 0 Å². The van der Waals surface area contributed by atoms with Crippen LogP contribution in [0.5, 0.6) is 0 Å². The molecule has 0 bridgehead atoms. The zero-order valence-electron chi connectivity index (χ0n) is 4.92. The standard InChI is InChI=1S/C4H7N3O2/c1-3(5)2-4(6)7(8)9/h2,5H,6H2,1H3/b4-2+,5-3?. The first kappa shape index (κ1) is 7.61. The topological polar surface area (TPSA) is 93.0 Å². The van der Waals surface area contributed by atoms with Crippen molar-refractivity contribution in [1.29, 1.82) is 5.41 Å². The summed E-state index contributed by atoms with van der Waals surface area (Å²) >= 11 is 0. The maximum absolute atomic E-state index is 9.75. The van der Waals surface area contributed by atoms with E-state index in [1.165, 1.54) is 6.92 Å². The van der Waals surface area contributed by atoms with Gasteiger partial charge in [-0.1, -0.05) is 0 Å². The molecular weight excluding hydrogens is 122 g/mol. The van der Waals surface area contributed by atoms with Gasteiger partial charge in [-0.15, -0.1) is 0 Å². The van der Waals surface area contributed by atoms with Crippen molar-refractivity contribution in [3.05, 3.63) is 22.0 Å². The maximum Gasteiger partial charge on any atom is 0.315 e. The van der Waals surface area contributed by atoms with Crippen LogP contribution in [0.2, 0.25) is 0 Å². The van der Waals surface area contributed by atoms with Gasteiger partial charge in [0.1, 0.15) is 0 Å². The number of nitrogens with two attached hydrogens (primary N) is 1. The molecule has 0 spiro atoms. The van der Waals surface area contributed by atoms with Crippen LogP contribution in [0.15, 0.2) is 11.9 Å². The zero-order valence-corrected chi connectivity index (χ0v) is 4.92. The summed E-state index contributed by atoms with van der Waals surface area (Å²) in [5.41, 5.74) is 4.91. The first-order valence-electron chi connectivity index (χ1n) is 2.20. The highest BCUT2D eigenvalue weighted by atomic mass is 16.6. The molecule has 0 unspecified atom stereocenters. The summed E-state index contributed by atoms with van der Waals surface area (Å²) in [6, 6.07) is 0. The highest BCUT2D eigenvalue weighted by Crippen LogP contribution is 1.84. The fourth-order valence-electron chi connectivity index (χ4n) is 0.275. The smallest absolute Gasteiger partial charge is 0.315 e. The fourth-order valence-corrected chi connectivity index (χ4v) is 0.275. The van der Waals surface area contributed by atoms with Crippen molar-refractivity contribution in [3.63, 3.8) is 0 Å². The summed E-state index contributed by atoms with van der Waals surface area (Å²) in [5.74, 6) is -0.498. The van der Waals surface area contributed by atoms with Gasteiger partial charge in [-0.25, -0.2) is 0 Å². The van der Waals surface area contributed by atoms with Crippen molar-refractivity contribution >= 4 is 5.71 Å². The number of hydrogen-bond donors (Lipinski definition) is 2. The first-order valence-corrected chi connectivity index (χ1v) is 2.20. The third-order valence-electron chi connectivity index (χ3n) is 0.575. The van der Waals surface area contributed by atoms with Gasteiger partial charge < -0.3 is 15.5 Å². The third-order valence-corrected chi connectivity index (χ3v) is 0.575. The number of nitro groups is 1. The number of nitrogens with one attached hydrogen (secondary N) is 1. The van der Waals surface area contributed by atoms with Crippen LogP contribution in [0.4, 0.5) is 0 Å². The van der Waals surface area contributed by atoms with Crippen LogP contribution in [-0.2, 0) is 0 Å². The minimum atomic E-state index is -0.738. The average Bonchev–Trinajstić information content (AvgIpc) is 1.63. The molecular formula is C4H7N3O2. The highest BCUT2D eigenvalue weighted by Gasteiger charge is 1.97. The van der Waals surface area contributed by atoms with Crippen LogP contribution in [0, 0.1) is 15.5 Å². The molecule has 50 valence electrons. The third kappa shape index (κ3) is 3.22. The Labute approximate surface area is 51.8 Å². The molecule has 5 nitrogen and oxygen atoms in total. The van der Waals surface area contributed by atoms with Gasteiger partial charge in [0.2, 0.25) is 0 Å². The number of nitrogens with zero attached hydrogens (tertiary/aromatic N) is 1. The van der Waals surface area contributed by atoms with Crippen molar-refractivity contribution in [1.82, 2.24) is 0 Å². The molecule has 0 fully saturated rings. The van der Waals surface area contributed by atoms with Gasteiger partial charge in [-0.3, -0.25) is 5.73 Å². The van der Waals surface area contributed by atoms with Gasteiger partial charge in [0.15, 0.2) is 0 Å². The normalized spacial score (nSPS) is 11.0. The molecule has 0 aliphatic carbocycles. The molecule has 9 heavy (non-hydrogen) atoms. The lowest BCUT2D eigenvalue weighted by molar-refractivity contribution is -0.426. The maximum atomic E-state index is 9.75. The molecule has 0 aliphatic heterocycles. The Morgan fingerprint density at radius 2 is 2.33 bits per heavy atom. The van der Waals surface area contributed by atoms with E-state index >= 15 is 0 Å². The molecule has 0 aliphatic rings. The largest absolute Gasteiger partial charge is 0.358 e. The fraction of sp³-hybridized carbons (Fsp3) is 0.250. The van der Waals surface area contributed by atoms with E-state index < -0.39 is 10.7 Å². The zero-order chi connectivity index (χ0) is 7.44. The lowest BCUT2D eigenvalue weighted by Crippen LogP contribution is -2.09. The predicted octanol–water partition coefficient (Wildman–Crippen LogP) is 0.103. The molecule has 0 radical (unpaired) electrons. The molecule has 0 aromatic rings. The van der Waals surface area contributed by atoms with Crippen molar-refractivity contribution < 1.29 is 4.92 Å². The van der Waals surface area contributed by atoms with Crippen LogP contribution in [0.1, 0.15) is 6.92 Å². The molecule has 0 amide bonds. The summed E-state index contributed by atoms with van der Waals surface area (Å²) in [6.45, 7) is 1.41. The van der Waals surface area contributed by atoms with Crippen LogP contribution < -0.4 is 5.73 Å². The van der Waals surface area contributed by atoms with E-state index in [9.17, 15) is 10.1 Å². The second-order valence-corrected chi connectivity index (χ2v) is 1.51. The Balaban J connectivity index is 4.17. The van der Waals surface area contributed by atoms with Gasteiger partial charge in [0, 0.05) is 5.71 Å². The molecule has 0 rings (SSSR count). The minimum Gasteiger partial charge on any atom is -0.358 e. The van der Waals surface area contributed by atoms with Gasteiger partial charge in [0.25, 0.3) is 0 Å². The Morgan fingerprint density at radius 3 is 2.44 bits per heavy atom. The van der Waals surface area contributed by atoms with E-state index in [1.54, 1.807) is 0 Å². The number of hydrogen-bond acceptors (Lipinski definition) is 4. The number of allylic oxidation sites excluding steroid dienone is 1. The van der Waals surface area contributed by atoms with Crippen LogP contribution in [-0.4, -0.2) is 10.6 Å². The molecule has 0 saturated heterocycles. The van der Waals surface area contributed by atoms with Gasteiger partial charge >= 0.3 is 5.82 Å². The lowest BCUT2D eigenvalue weighted by atomic mass is 10.4. The second-order valence-electron chi connectivity index (χ2n) is 1.51. The van der Waals surface area contributed by atoms with Crippen LogP contribution in [0.25, 0.3) is 0 Å². The summed E-state index contributed by atoms with van der Waals surface area (Å²) in [6.07, 6.45) is 0.986. The Kier molecular flexibility index (Phi) is 2.37. The molecule has 0 atom stereocenters.